The summed E-state index contributed by atoms with van der Waals surface area (Å²) in [6.07, 6.45) is 0. The molecule has 2 aliphatic rings. The van der Waals surface area contributed by atoms with Crippen LogP contribution in [0.25, 0.3) is 0 Å². The molecule has 8 heteroatoms. The van der Waals surface area contributed by atoms with E-state index in [-0.39, 0.29) is 28.7 Å². The molecule has 0 unspecified atom stereocenters. The van der Waals surface area contributed by atoms with Gasteiger partial charge in [-0.25, -0.2) is 8.42 Å². The maximum absolute atomic E-state index is 11.9. The molecule has 0 radical (unpaired) electrons. The monoisotopic (exact) mass is 340 g/mol. The molecule has 2 fully saturated rings. The summed E-state index contributed by atoms with van der Waals surface area (Å²) in [4.78, 5) is 17.3. The molecular formula is C14H16N2O4S2. The minimum Gasteiger partial charge on any atom is -0.497 e. The largest absolute Gasteiger partial charge is 0.497 e. The third-order valence-electron chi connectivity index (χ3n) is 3.67. The summed E-state index contributed by atoms with van der Waals surface area (Å²) >= 11 is 1.37. The summed E-state index contributed by atoms with van der Waals surface area (Å²) in [5.74, 6) is 0.652. The maximum atomic E-state index is 11.9. The van der Waals surface area contributed by atoms with Gasteiger partial charge >= 0.3 is 0 Å². The van der Waals surface area contributed by atoms with Crippen LogP contribution < -0.4 is 9.64 Å². The summed E-state index contributed by atoms with van der Waals surface area (Å²) in [5, 5.41) is 0.493. The van der Waals surface area contributed by atoms with E-state index in [1.54, 1.807) is 7.11 Å². The predicted molar refractivity (Wildman–Crippen MR) is 87.4 cm³/mol. The minimum absolute atomic E-state index is 0.0785. The van der Waals surface area contributed by atoms with Crippen LogP contribution in [0.3, 0.4) is 0 Å². The summed E-state index contributed by atoms with van der Waals surface area (Å²) in [6, 6.07) is 7.14. The molecule has 0 saturated carbocycles. The summed E-state index contributed by atoms with van der Waals surface area (Å²) in [6.45, 7) is 1.39. The molecule has 0 aliphatic carbocycles. The van der Waals surface area contributed by atoms with E-state index in [9.17, 15) is 13.2 Å². The van der Waals surface area contributed by atoms with Crippen molar-refractivity contribution in [1.29, 1.82) is 0 Å². The second-order valence-electron chi connectivity index (χ2n) is 5.28. The molecule has 6 nitrogen and oxygen atoms in total. The number of sulfone groups is 1. The fourth-order valence-electron chi connectivity index (χ4n) is 2.74. The molecule has 3 rings (SSSR count). The van der Waals surface area contributed by atoms with Crippen LogP contribution >= 0.6 is 11.8 Å². The number of aliphatic imine (C=N–C) groups is 1. The van der Waals surface area contributed by atoms with Gasteiger partial charge in [-0.1, -0.05) is 11.8 Å². The van der Waals surface area contributed by atoms with Crippen LogP contribution in [0.15, 0.2) is 29.3 Å². The number of hydrogen-bond acceptors (Lipinski definition) is 5. The molecular weight excluding hydrogens is 324 g/mol. The van der Waals surface area contributed by atoms with Gasteiger partial charge in [-0.3, -0.25) is 4.79 Å². The van der Waals surface area contributed by atoms with E-state index in [1.807, 2.05) is 29.2 Å². The predicted octanol–water partition coefficient (Wildman–Crippen LogP) is 1.32. The quantitative estimate of drug-likeness (QED) is 0.808. The number of ether oxygens (including phenoxy) is 1. The second kappa shape index (κ2) is 5.58. The number of methoxy groups -OCH3 is 1. The van der Waals surface area contributed by atoms with E-state index in [4.69, 9.17) is 4.74 Å². The lowest BCUT2D eigenvalue weighted by Crippen LogP contribution is -2.37. The SMILES string of the molecule is COc1ccc(N2C(=NC(C)=O)S[C@@H]3CS(=O)(=O)C[C@@H]32)cc1. The molecule has 2 atom stereocenters. The van der Waals surface area contributed by atoms with Crippen molar-refractivity contribution < 1.29 is 17.9 Å². The first kappa shape index (κ1) is 15.4. The lowest BCUT2D eigenvalue weighted by atomic mass is 10.2. The number of fused-ring (bicyclic) bond motifs is 1. The van der Waals surface area contributed by atoms with E-state index in [0.29, 0.717) is 5.17 Å². The Balaban J connectivity index is 2.00. The van der Waals surface area contributed by atoms with Crippen molar-refractivity contribution in [2.45, 2.75) is 18.2 Å². The van der Waals surface area contributed by atoms with Crippen LogP contribution in [0, 0.1) is 0 Å². The Kier molecular flexibility index (Phi) is 3.90. The molecule has 0 bridgehead atoms. The van der Waals surface area contributed by atoms with E-state index in [2.05, 4.69) is 4.99 Å². The molecule has 0 N–H and O–H groups in total. The first-order valence-corrected chi connectivity index (χ1v) is 9.49. The Morgan fingerprint density at radius 1 is 1.32 bits per heavy atom. The van der Waals surface area contributed by atoms with Gasteiger partial charge < -0.3 is 9.64 Å². The normalized spacial score (nSPS) is 27.9. The lowest BCUT2D eigenvalue weighted by molar-refractivity contribution is -0.115. The van der Waals surface area contributed by atoms with Crippen molar-refractivity contribution in [3.63, 3.8) is 0 Å². The van der Waals surface area contributed by atoms with Crippen molar-refractivity contribution >= 4 is 38.4 Å². The fraction of sp³-hybridized carbons (Fsp3) is 0.429. The molecule has 22 heavy (non-hydrogen) atoms. The highest BCUT2D eigenvalue weighted by molar-refractivity contribution is 8.16. The number of nitrogens with zero attached hydrogens (tertiary/aromatic N) is 2. The van der Waals surface area contributed by atoms with Crippen LogP contribution in [-0.4, -0.2) is 49.4 Å². The van der Waals surface area contributed by atoms with Crippen LogP contribution in [0.2, 0.25) is 0 Å². The molecule has 2 heterocycles. The smallest absolute Gasteiger partial charge is 0.244 e. The van der Waals surface area contributed by atoms with E-state index >= 15 is 0 Å². The van der Waals surface area contributed by atoms with Gasteiger partial charge in [0.15, 0.2) is 15.0 Å². The van der Waals surface area contributed by atoms with Gasteiger partial charge in [0.05, 0.1) is 24.7 Å². The number of amides is 1. The Hall–Kier alpha value is -1.54. The molecule has 0 aromatic heterocycles. The number of rotatable bonds is 2. The van der Waals surface area contributed by atoms with Crippen LogP contribution in [0.4, 0.5) is 5.69 Å². The van der Waals surface area contributed by atoms with E-state index in [0.717, 1.165) is 11.4 Å². The number of hydrogen-bond donors (Lipinski definition) is 0. The molecule has 2 aliphatic heterocycles. The van der Waals surface area contributed by atoms with Gasteiger partial charge in [0.1, 0.15) is 5.75 Å². The zero-order valence-electron chi connectivity index (χ0n) is 12.2. The van der Waals surface area contributed by atoms with Gasteiger partial charge in [-0.2, -0.15) is 4.99 Å². The summed E-state index contributed by atoms with van der Waals surface area (Å²) in [5.41, 5.74) is 0.818. The average Bonchev–Trinajstić information content (AvgIpc) is 2.89. The van der Waals surface area contributed by atoms with Gasteiger partial charge in [-0.05, 0) is 24.3 Å². The van der Waals surface area contributed by atoms with E-state index < -0.39 is 9.84 Å². The Morgan fingerprint density at radius 3 is 2.59 bits per heavy atom. The van der Waals surface area contributed by atoms with Gasteiger partial charge in [-0.15, -0.1) is 0 Å². The minimum atomic E-state index is -3.04. The highest BCUT2D eigenvalue weighted by atomic mass is 32.2. The highest BCUT2D eigenvalue weighted by Crippen LogP contribution is 2.41. The molecule has 0 spiro atoms. The third kappa shape index (κ3) is 2.85. The topological polar surface area (TPSA) is 76.0 Å². The van der Waals surface area contributed by atoms with Crippen molar-refractivity contribution in [2.24, 2.45) is 4.99 Å². The van der Waals surface area contributed by atoms with Gasteiger partial charge in [0, 0.05) is 17.9 Å². The Morgan fingerprint density at radius 2 is 2.00 bits per heavy atom. The van der Waals surface area contributed by atoms with Gasteiger partial charge in [0.25, 0.3) is 0 Å². The fourth-order valence-corrected chi connectivity index (χ4v) is 6.70. The number of anilines is 1. The van der Waals surface area contributed by atoms with Crippen molar-refractivity contribution in [2.75, 3.05) is 23.5 Å². The lowest BCUT2D eigenvalue weighted by Gasteiger charge is -2.24. The standard InChI is InChI=1S/C14H16N2O4S2/c1-9(17)15-14-16(10-3-5-11(20-2)6-4-10)12-7-22(18,19)8-13(12)21-14/h3-6,12-13H,7-8H2,1-2H3/t12-,13+/m0/s1. The Bertz CT molecular complexity index is 728. The summed E-state index contributed by atoms with van der Waals surface area (Å²) in [7, 11) is -1.45. The number of carbonyl (C=O) groups is 1. The Labute approximate surface area is 133 Å². The van der Waals surface area contributed by atoms with Gasteiger partial charge in [0.2, 0.25) is 5.91 Å². The number of amidine groups is 1. The van der Waals surface area contributed by atoms with Crippen LogP contribution in [0.1, 0.15) is 6.92 Å². The van der Waals surface area contributed by atoms with Crippen molar-refractivity contribution in [3.8, 4) is 5.75 Å². The molecule has 118 valence electrons. The number of thioether (sulfide) groups is 1. The number of carbonyl (C=O) groups excluding carboxylic acids is 1. The van der Waals surface area contributed by atoms with Crippen LogP contribution in [-0.2, 0) is 14.6 Å². The second-order valence-corrected chi connectivity index (χ2v) is 8.64. The maximum Gasteiger partial charge on any atom is 0.244 e. The zero-order chi connectivity index (χ0) is 15.9. The van der Waals surface area contributed by atoms with E-state index in [1.165, 1.54) is 18.7 Å². The zero-order valence-corrected chi connectivity index (χ0v) is 13.9. The molecule has 2 saturated heterocycles. The van der Waals surface area contributed by atoms with Crippen molar-refractivity contribution in [1.82, 2.24) is 0 Å². The third-order valence-corrected chi connectivity index (χ3v) is 6.88. The van der Waals surface area contributed by atoms with Crippen LogP contribution in [0.5, 0.6) is 5.75 Å². The van der Waals surface area contributed by atoms with Crippen molar-refractivity contribution in [3.05, 3.63) is 24.3 Å². The summed E-state index contributed by atoms with van der Waals surface area (Å²) < 4.78 is 28.9. The highest BCUT2D eigenvalue weighted by Gasteiger charge is 2.49. The number of benzene rings is 1. The average molecular weight is 340 g/mol. The molecule has 1 amide bonds. The molecule has 1 aromatic carbocycles. The molecule has 1 aromatic rings. The first-order valence-electron chi connectivity index (χ1n) is 6.79. The first-order chi connectivity index (χ1) is 10.4.